The minimum Gasteiger partial charge on any atom is -0.356 e. The van der Waals surface area contributed by atoms with Crippen LogP contribution in [0.25, 0.3) is 0 Å². The summed E-state index contributed by atoms with van der Waals surface area (Å²) in [6.07, 6.45) is 5.30. The summed E-state index contributed by atoms with van der Waals surface area (Å²) >= 11 is 0. The summed E-state index contributed by atoms with van der Waals surface area (Å²) in [4.78, 5) is 25.5. The third-order valence-electron chi connectivity index (χ3n) is 4.52. The van der Waals surface area contributed by atoms with Crippen LogP contribution < -0.4 is 10.6 Å². The van der Waals surface area contributed by atoms with Crippen LogP contribution in [0, 0.1) is 0 Å². The van der Waals surface area contributed by atoms with Crippen molar-refractivity contribution in [2.45, 2.75) is 52.0 Å². The Bertz CT molecular complexity index is 542. The Morgan fingerprint density at radius 1 is 1.21 bits per heavy atom. The second-order valence-electron chi connectivity index (χ2n) is 6.64. The van der Waals surface area contributed by atoms with E-state index in [0.717, 1.165) is 30.8 Å². The quantitative estimate of drug-likeness (QED) is 0.755. The Kier molecular flexibility index (Phi) is 7.25. The first-order chi connectivity index (χ1) is 11.5. The number of piperidine rings is 1. The molecular weight excluding hydrogens is 302 g/mol. The van der Waals surface area contributed by atoms with Crippen LogP contribution in [-0.2, 0) is 16.0 Å². The molecule has 0 bridgehead atoms. The monoisotopic (exact) mass is 331 g/mol. The molecular formula is C19H29N3O2. The SMILES string of the molecule is CC(=O)Nc1ccc(CC(=O)NCCCN2CCCC[C@@H]2C)cc1. The molecule has 0 radical (unpaired) electrons. The molecule has 132 valence electrons. The topological polar surface area (TPSA) is 61.4 Å². The number of benzene rings is 1. The summed E-state index contributed by atoms with van der Waals surface area (Å²) in [5, 5.41) is 5.71. The van der Waals surface area contributed by atoms with Crippen LogP contribution in [0.4, 0.5) is 5.69 Å². The van der Waals surface area contributed by atoms with Gasteiger partial charge in [-0.05, 0) is 50.4 Å². The van der Waals surface area contributed by atoms with Crippen molar-refractivity contribution in [3.05, 3.63) is 29.8 Å². The third-order valence-corrected chi connectivity index (χ3v) is 4.52. The summed E-state index contributed by atoms with van der Waals surface area (Å²) in [5.74, 6) is -0.0440. The number of rotatable bonds is 7. The predicted octanol–water partition coefficient (Wildman–Crippen LogP) is 2.57. The van der Waals surface area contributed by atoms with Gasteiger partial charge in [0.15, 0.2) is 0 Å². The van der Waals surface area contributed by atoms with Gasteiger partial charge in [-0.2, -0.15) is 0 Å². The number of anilines is 1. The number of likely N-dealkylation sites (tertiary alicyclic amines) is 1. The number of amides is 2. The first kappa shape index (κ1) is 18.5. The van der Waals surface area contributed by atoms with Crippen LogP contribution in [0.15, 0.2) is 24.3 Å². The maximum Gasteiger partial charge on any atom is 0.224 e. The summed E-state index contributed by atoms with van der Waals surface area (Å²) in [5.41, 5.74) is 1.70. The van der Waals surface area contributed by atoms with Crippen molar-refractivity contribution in [3.8, 4) is 0 Å². The molecule has 1 fully saturated rings. The average Bonchev–Trinajstić information content (AvgIpc) is 2.54. The molecule has 1 atom stereocenters. The van der Waals surface area contributed by atoms with Crippen molar-refractivity contribution >= 4 is 17.5 Å². The number of hydrogen-bond acceptors (Lipinski definition) is 3. The lowest BCUT2D eigenvalue weighted by Crippen LogP contribution is -2.39. The smallest absolute Gasteiger partial charge is 0.224 e. The highest BCUT2D eigenvalue weighted by Gasteiger charge is 2.17. The van der Waals surface area contributed by atoms with E-state index in [2.05, 4.69) is 22.5 Å². The lowest BCUT2D eigenvalue weighted by Gasteiger charge is -2.33. The van der Waals surface area contributed by atoms with E-state index < -0.39 is 0 Å². The van der Waals surface area contributed by atoms with E-state index in [1.165, 1.54) is 32.7 Å². The van der Waals surface area contributed by atoms with Crippen molar-refractivity contribution < 1.29 is 9.59 Å². The zero-order valence-corrected chi connectivity index (χ0v) is 14.8. The number of hydrogen-bond donors (Lipinski definition) is 2. The van der Waals surface area contributed by atoms with Gasteiger partial charge in [0.2, 0.25) is 11.8 Å². The summed E-state index contributed by atoms with van der Waals surface area (Å²) in [6.45, 7) is 6.75. The van der Waals surface area contributed by atoms with Crippen molar-refractivity contribution in [1.29, 1.82) is 0 Å². The third kappa shape index (κ3) is 6.32. The number of carbonyl (C=O) groups excluding carboxylic acids is 2. The fourth-order valence-electron chi connectivity index (χ4n) is 3.16. The minimum absolute atomic E-state index is 0.0500. The fraction of sp³-hybridized carbons (Fsp3) is 0.579. The largest absolute Gasteiger partial charge is 0.356 e. The molecule has 0 saturated carbocycles. The van der Waals surface area contributed by atoms with E-state index in [9.17, 15) is 9.59 Å². The van der Waals surface area contributed by atoms with Gasteiger partial charge in [0.05, 0.1) is 6.42 Å². The molecule has 5 heteroatoms. The molecule has 2 rings (SSSR count). The van der Waals surface area contributed by atoms with Crippen LogP contribution in [0.5, 0.6) is 0 Å². The number of carbonyl (C=O) groups is 2. The molecule has 0 aromatic heterocycles. The Labute approximate surface area is 144 Å². The molecule has 2 N–H and O–H groups in total. The maximum atomic E-state index is 12.0. The molecule has 24 heavy (non-hydrogen) atoms. The highest BCUT2D eigenvalue weighted by atomic mass is 16.2. The second-order valence-corrected chi connectivity index (χ2v) is 6.64. The standard InChI is InChI=1S/C19H29N3O2/c1-15-6-3-4-12-22(15)13-5-11-20-19(24)14-17-7-9-18(10-8-17)21-16(2)23/h7-10,15H,3-6,11-14H2,1-2H3,(H,20,24)(H,21,23)/t15-/m0/s1. The van der Waals surface area contributed by atoms with Gasteiger partial charge in [-0.15, -0.1) is 0 Å². The van der Waals surface area contributed by atoms with E-state index in [0.29, 0.717) is 12.5 Å². The highest BCUT2D eigenvalue weighted by molar-refractivity contribution is 5.88. The molecule has 0 spiro atoms. The first-order valence-corrected chi connectivity index (χ1v) is 8.92. The van der Waals surface area contributed by atoms with Gasteiger partial charge in [0.25, 0.3) is 0 Å². The van der Waals surface area contributed by atoms with E-state index in [-0.39, 0.29) is 11.8 Å². The van der Waals surface area contributed by atoms with Crippen molar-refractivity contribution in [2.75, 3.05) is 25.0 Å². The van der Waals surface area contributed by atoms with Crippen LogP contribution in [-0.4, -0.2) is 42.4 Å². The van der Waals surface area contributed by atoms with Gasteiger partial charge < -0.3 is 15.5 Å². The number of nitrogens with zero attached hydrogens (tertiary/aromatic N) is 1. The molecule has 1 aliphatic heterocycles. The Balaban J connectivity index is 1.65. The zero-order valence-electron chi connectivity index (χ0n) is 14.8. The van der Waals surface area contributed by atoms with Crippen LogP contribution in [0.1, 0.15) is 45.1 Å². The summed E-state index contributed by atoms with van der Waals surface area (Å²) in [7, 11) is 0. The number of nitrogens with one attached hydrogen (secondary N) is 2. The van der Waals surface area contributed by atoms with Crippen molar-refractivity contribution in [2.24, 2.45) is 0 Å². The van der Waals surface area contributed by atoms with Crippen molar-refractivity contribution in [3.63, 3.8) is 0 Å². The van der Waals surface area contributed by atoms with E-state index in [4.69, 9.17) is 0 Å². The van der Waals surface area contributed by atoms with Gasteiger partial charge in [0.1, 0.15) is 0 Å². The Hall–Kier alpha value is -1.88. The van der Waals surface area contributed by atoms with Gasteiger partial charge in [0, 0.05) is 31.7 Å². The fourth-order valence-corrected chi connectivity index (χ4v) is 3.16. The molecule has 5 nitrogen and oxygen atoms in total. The van der Waals surface area contributed by atoms with Crippen LogP contribution in [0.3, 0.4) is 0 Å². The molecule has 0 aliphatic carbocycles. The lowest BCUT2D eigenvalue weighted by molar-refractivity contribution is -0.120. The predicted molar refractivity (Wildman–Crippen MR) is 97.0 cm³/mol. The Morgan fingerprint density at radius 3 is 2.62 bits per heavy atom. The molecule has 1 heterocycles. The van der Waals surface area contributed by atoms with E-state index in [1.807, 2.05) is 24.3 Å². The molecule has 2 amide bonds. The minimum atomic E-state index is -0.0940. The summed E-state index contributed by atoms with van der Waals surface area (Å²) in [6, 6.07) is 8.07. The molecule has 0 unspecified atom stereocenters. The molecule has 1 aliphatic rings. The van der Waals surface area contributed by atoms with Gasteiger partial charge in [-0.1, -0.05) is 18.6 Å². The van der Waals surface area contributed by atoms with Crippen LogP contribution in [0.2, 0.25) is 0 Å². The van der Waals surface area contributed by atoms with Gasteiger partial charge >= 0.3 is 0 Å². The van der Waals surface area contributed by atoms with Crippen LogP contribution >= 0.6 is 0 Å². The highest BCUT2D eigenvalue weighted by Crippen LogP contribution is 2.16. The van der Waals surface area contributed by atoms with Gasteiger partial charge in [-0.25, -0.2) is 0 Å². The second kappa shape index (κ2) is 9.42. The van der Waals surface area contributed by atoms with Gasteiger partial charge in [-0.3, -0.25) is 9.59 Å². The maximum absolute atomic E-state index is 12.0. The lowest BCUT2D eigenvalue weighted by atomic mass is 10.0. The first-order valence-electron chi connectivity index (χ1n) is 8.92. The Morgan fingerprint density at radius 2 is 1.96 bits per heavy atom. The summed E-state index contributed by atoms with van der Waals surface area (Å²) < 4.78 is 0. The van der Waals surface area contributed by atoms with E-state index in [1.54, 1.807) is 0 Å². The average molecular weight is 331 g/mol. The molecule has 1 aromatic carbocycles. The normalized spacial score (nSPS) is 18.2. The molecule has 1 aromatic rings. The van der Waals surface area contributed by atoms with E-state index >= 15 is 0 Å². The van der Waals surface area contributed by atoms with Crippen molar-refractivity contribution in [1.82, 2.24) is 10.2 Å². The molecule has 1 saturated heterocycles. The zero-order chi connectivity index (χ0) is 17.4.